The van der Waals surface area contributed by atoms with Gasteiger partial charge in [-0.05, 0) is 39.5 Å². The molecule has 0 saturated heterocycles. The van der Waals surface area contributed by atoms with Crippen LogP contribution in [-0.2, 0) is 6.54 Å². The molecule has 0 saturated carbocycles. The Morgan fingerprint density at radius 1 is 1.22 bits per heavy atom. The molecule has 0 radical (unpaired) electrons. The Morgan fingerprint density at radius 3 is 2.94 bits per heavy atom. The van der Waals surface area contributed by atoms with Gasteiger partial charge in [0.05, 0.1) is 23.9 Å². The molecule has 0 atom stereocenters. The normalized spacial score (nSPS) is 10.7. The van der Waals surface area contributed by atoms with Crippen LogP contribution < -0.4 is 5.32 Å². The van der Waals surface area contributed by atoms with Crippen molar-refractivity contribution in [3.63, 3.8) is 0 Å². The lowest BCUT2D eigenvalue weighted by molar-refractivity contribution is 1.17. The van der Waals surface area contributed by atoms with Gasteiger partial charge in [0.15, 0.2) is 0 Å². The molecule has 3 rings (SSSR count). The number of aromatic nitrogens is 1. The summed E-state index contributed by atoms with van der Waals surface area (Å²) in [6.45, 7) is 0.818. The topological polar surface area (TPSA) is 24.9 Å². The van der Waals surface area contributed by atoms with Crippen LogP contribution in [-0.4, -0.2) is 4.98 Å². The number of anilines is 1. The molecule has 0 aliphatic heterocycles. The second kappa shape index (κ2) is 5.08. The lowest BCUT2D eigenvalue weighted by Crippen LogP contribution is -1.98. The first-order chi connectivity index (χ1) is 8.83. The molecule has 0 aliphatic carbocycles. The summed E-state index contributed by atoms with van der Waals surface area (Å²) in [5.41, 5.74) is 2.08. The van der Waals surface area contributed by atoms with Gasteiger partial charge >= 0.3 is 0 Å². The Kier molecular flexibility index (Phi) is 3.30. The maximum absolute atomic E-state index is 4.43. The molecule has 90 valence electrons. The fourth-order valence-corrected chi connectivity index (χ4v) is 3.23. The lowest BCUT2D eigenvalue weighted by atomic mass is 10.2. The van der Waals surface area contributed by atoms with E-state index in [1.807, 2.05) is 24.4 Å². The van der Waals surface area contributed by atoms with E-state index < -0.39 is 0 Å². The van der Waals surface area contributed by atoms with Crippen molar-refractivity contribution in [2.24, 2.45) is 0 Å². The van der Waals surface area contributed by atoms with Gasteiger partial charge in [-0.1, -0.05) is 18.2 Å². The van der Waals surface area contributed by atoms with E-state index in [2.05, 4.69) is 49.8 Å². The first-order valence-electron chi connectivity index (χ1n) is 5.63. The first kappa shape index (κ1) is 11.7. The predicted octanol–water partition coefficient (Wildman–Crippen LogP) is 4.67. The van der Waals surface area contributed by atoms with Gasteiger partial charge < -0.3 is 5.32 Å². The molecule has 0 fully saturated rings. The highest BCUT2D eigenvalue weighted by Crippen LogP contribution is 2.24. The van der Waals surface area contributed by atoms with E-state index in [1.165, 1.54) is 4.88 Å². The molecule has 0 amide bonds. The Bertz CT molecular complexity index is 678. The quantitative estimate of drug-likeness (QED) is 0.759. The number of fused-ring (bicyclic) bond motifs is 1. The number of rotatable bonds is 3. The number of hydrogen-bond donors (Lipinski definition) is 1. The van der Waals surface area contributed by atoms with E-state index in [9.17, 15) is 0 Å². The summed E-state index contributed by atoms with van der Waals surface area (Å²) in [7, 11) is 0. The smallest absolute Gasteiger partial charge is 0.0703 e. The first-order valence-corrected chi connectivity index (χ1v) is 7.31. The molecule has 3 aromatic rings. The number of nitrogens with zero attached hydrogens (tertiary/aromatic N) is 1. The lowest BCUT2D eigenvalue weighted by Gasteiger charge is -2.06. The monoisotopic (exact) mass is 318 g/mol. The van der Waals surface area contributed by atoms with E-state index in [1.54, 1.807) is 11.3 Å². The molecule has 18 heavy (non-hydrogen) atoms. The Hall–Kier alpha value is -1.39. The molecule has 2 aromatic heterocycles. The zero-order valence-corrected chi connectivity index (χ0v) is 12.0. The van der Waals surface area contributed by atoms with Crippen LogP contribution in [0, 0.1) is 0 Å². The Labute approximate surface area is 118 Å². The van der Waals surface area contributed by atoms with Gasteiger partial charge in [0, 0.05) is 14.7 Å². The molecule has 0 aliphatic rings. The van der Waals surface area contributed by atoms with Crippen LogP contribution in [0.5, 0.6) is 0 Å². The number of thiophene rings is 1. The summed E-state index contributed by atoms with van der Waals surface area (Å²) in [5.74, 6) is 0. The van der Waals surface area contributed by atoms with E-state index in [4.69, 9.17) is 0 Å². The maximum atomic E-state index is 4.43. The summed E-state index contributed by atoms with van der Waals surface area (Å²) < 4.78 is 1.16. The highest BCUT2D eigenvalue weighted by atomic mass is 79.9. The minimum absolute atomic E-state index is 0.818. The third kappa shape index (κ3) is 2.40. The van der Waals surface area contributed by atoms with Gasteiger partial charge in [-0.25, -0.2) is 0 Å². The van der Waals surface area contributed by atoms with Crippen LogP contribution in [0.4, 0.5) is 5.69 Å². The summed E-state index contributed by atoms with van der Waals surface area (Å²) >= 11 is 5.28. The molecule has 1 N–H and O–H groups in total. The molecule has 2 nitrogen and oxygen atoms in total. The molecule has 4 heteroatoms. The Balaban J connectivity index is 1.81. The summed E-state index contributed by atoms with van der Waals surface area (Å²) in [6, 6.07) is 12.3. The van der Waals surface area contributed by atoms with Gasteiger partial charge in [0.1, 0.15) is 0 Å². The molecular weight excluding hydrogens is 308 g/mol. The molecular formula is C14H11BrN2S. The summed E-state index contributed by atoms with van der Waals surface area (Å²) in [4.78, 5) is 5.73. The van der Waals surface area contributed by atoms with E-state index >= 15 is 0 Å². The van der Waals surface area contributed by atoms with Crippen molar-refractivity contribution < 1.29 is 0 Å². The highest BCUT2D eigenvalue weighted by Gasteiger charge is 2.01. The van der Waals surface area contributed by atoms with Crippen molar-refractivity contribution in [2.75, 3.05) is 5.32 Å². The van der Waals surface area contributed by atoms with Crippen LogP contribution in [0.15, 0.2) is 52.4 Å². The van der Waals surface area contributed by atoms with Gasteiger partial charge in [-0.2, -0.15) is 0 Å². The predicted molar refractivity (Wildman–Crippen MR) is 81.1 cm³/mol. The summed E-state index contributed by atoms with van der Waals surface area (Å²) in [6.07, 6.45) is 1.88. The van der Waals surface area contributed by atoms with Gasteiger partial charge in [0.25, 0.3) is 0 Å². The largest absolute Gasteiger partial charge is 0.379 e. The van der Waals surface area contributed by atoms with Crippen molar-refractivity contribution >= 4 is 43.9 Å². The highest BCUT2D eigenvalue weighted by molar-refractivity contribution is 9.10. The van der Waals surface area contributed by atoms with Crippen molar-refractivity contribution in [2.45, 2.75) is 6.54 Å². The Morgan fingerprint density at radius 2 is 2.11 bits per heavy atom. The van der Waals surface area contributed by atoms with Crippen molar-refractivity contribution in [3.05, 3.63) is 57.3 Å². The molecule has 0 spiro atoms. The molecule has 2 heterocycles. The average Bonchev–Trinajstić information content (AvgIpc) is 2.82. The van der Waals surface area contributed by atoms with Crippen LogP contribution in [0.3, 0.4) is 0 Å². The standard InChI is InChI=1S/C14H11BrN2S/c15-12-5-6-18-14(12)9-16-11-7-10-3-1-2-4-13(10)17-8-11/h1-8,16H,9H2. The second-order valence-electron chi connectivity index (χ2n) is 3.96. The van der Waals surface area contributed by atoms with Crippen molar-refractivity contribution in [3.8, 4) is 0 Å². The van der Waals surface area contributed by atoms with Crippen LogP contribution in [0.2, 0.25) is 0 Å². The number of halogens is 1. The zero-order chi connectivity index (χ0) is 12.4. The van der Waals surface area contributed by atoms with E-state index in [0.717, 1.165) is 27.6 Å². The van der Waals surface area contributed by atoms with Crippen LogP contribution in [0.1, 0.15) is 4.88 Å². The average molecular weight is 319 g/mol. The third-order valence-electron chi connectivity index (χ3n) is 2.73. The molecule has 1 aromatic carbocycles. The number of nitrogens with one attached hydrogen (secondary N) is 1. The molecule has 0 unspecified atom stereocenters. The fraction of sp³-hybridized carbons (Fsp3) is 0.0714. The number of hydrogen-bond acceptors (Lipinski definition) is 3. The number of pyridine rings is 1. The number of para-hydroxylation sites is 1. The van der Waals surface area contributed by atoms with Crippen molar-refractivity contribution in [1.29, 1.82) is 0 Å². The summed E-state index contributed by atoms with van der Waals surface area (Å²) in [5, 5.41) is 6.64. The van der Waals surface area contributed by atoms with E-state index in [-0.39, 0.29) is 0 Å². The number of benzene rings is 1. The van der Waals surface area contributed by atoms with Gasteiger partial charge in [-0.15, -0.1) is 11.3 Å². The van der Waals surface area contributed by atoms with E-state index in [0.29, 0.717) is 0 Å². The maximum Gasteiger partial charge on any atom is 0.0703 e. The third-order valence-corrected chi connectivity index (χ3v) is 4.66. The molecule has 0 bridgehead atoms. The van der Waals surface area contributed by atoms with Crippen LogP contribution >= 0.6 is 27.3 Å². The van der Waals surface area contributed by atoms with Crippen molar-refractivity contribution in [1.82, 2.24) is 4.98 Å². The van der Waals surface area contributed by atoms with Gasteiger partial charge in [-0.3, -0.25) is 4.98 Å². The zero-order valence-electron chi connectivity index (χ0n) is 9.56. The SMILES string of the molecule is Brc1ccsc1CNc1cnc2ccccc2c1. The minimum Gasteiger partial charge on any atom is -0.379 e. The second-order valence-corrected chi connectivity index (χ2v) is 5.82. The fourth-order valence-electron chi connectivity index (χ4n) is 1.80. The van der Waals surface area contributed by atoms with Crippen LogP contribution in [0.25, 0.3) is 10.9 Å². The van der Waals surface area contributed by atoms with Gasteiger partial charge in [0.2, 0.25) is 0 Å². The minimum atomic E-state index is 0.818.